The normalized spacial score (nSPS) is 12.1. The van der Waals surface area contributed by atoms with Gasteiger partial charge in [-0.15, -0.1) is 0 Å². The Labute approximate surface area is 73.6 Å². The van der Waals surface area contributed by atoms with Crippen LogP contribution in [0.4, 0.5) is 0 Å². The van der Waals surface area contributed by atoms with Crippen LogP contribution in [0.25, 0.3) is 0 Å². The number of hydrogen-bond donors (Lipinski definition) is 1. The van der Waals surface area contributed by atoms with Gasteiger partial charge in [0.05, 0.1) is 5.69 Å². The van der Waals surface area contributed by atoms with Gasteiger partial charge >= 0.3 is 0 Å². The lowest BCUT2D eigenvalue weighted by Gasteiger charge is -2.17. The second-order valence-corrected chi connectivity index (χ2v) is 4.07. The van der Waals surface area contributed by atoms with Crippen molar-refractivity contribution in [1.82, 2.24) is 9.78 Å². The minimum Gasteiger partial charge on any atom is -0.325 e. The summed E-state index contributed by atoms with van der Waals surface area (Å²) in [7, 11) is 1.95. The van der Waals surface area contributed by atoms with Crippen molar-refractivity contribution in [1.29, 1.82) is 0 Å². The molecule has 0 radical (unpaired) electrons. The maximum absolute atomic E-state index is 5.90. The van der Waals surface area contributed by atoms with E-state index < -0.39 is 0 Å². The summed E-state index contributed by atoms with van der Waals surface area (Å²) < 4.78 is 1.89. The molecule has 1 aromatic rings. The molecule has 3 heteroatoms. The molecule has 1 rings (SSSR count). The predicted octanol–water partition coefficient (Wildman–Crippen LogP) is 1.01. The SMILES string of the molecule is Cc1cc(CC(C)(C)N)n(C)n1. The first kappa shape index (κ1) is 9.26. The summed E-state index contributed by atoms with van der Waals surface area (Å²) in [5.74, 6) is 0. The largest absolute Gasteiger partial charge is 0.325 e. The lowest BCUT2D eigenvalue weighted by molar-refractivity contribution is 0.495. The fourth-order valence-electron chi connectivity index (χ4n) is 1.30. The van der Waals surface area contributed by atoms with Crippen LogP contribution in [0, 0.1) is 6.92 Å². The second-order valence-electron chi connectivity index (χ2n) is 4.07. The van der Waals surface area contributed by atoms with Crippen molar-refractivity contribution in [2.24, 2.45) is 12.8 Å². The van der Waals surface area contributed by atoms with E-state index in [0.717, 1.165) is 12.1 Å². The van der Waals surface area contributed by atoms with Crippen LogP contribution in [0.1, 0.15) is 25.2 Å². The molecular formula is C9H17N3. The zero-order valence-electron chi connectivity index (χ0n) is 8.26. The average Bonchev–Trinajstić information content (AvgIpc) is 2.06. The molecule has 0 bridgehead atoms. The molecule has 1 aromatic heterocycles. The lowest BCUT2D eigenvalue weighted by Crippen LogP contribution is -2.35. The molecule has 0 fully saturated rings. The van der Waals surface area contributed by atoms with Crippen molar-refractivity contribution in [2.75, 3.05) is 0 Å². The van der Waals surface area contributed by atoms with E-state index in [0.29, 0.717) is 0 Å². The molecule has 2 N–H and O–H groups in total. The van der Waals surface area contributed by atoms with Crippen LogP contribution in [0.5, 0.6) is 0 Å². The van der Waals surface area contributed by atoms with Gasteiger partial charge in [0.1, 0.15) is 0 Å². The summed E-state index contributed by atoms with van der Waals surface area (Å²) >= 11 is 0. The van der Waals surface area contributed by atoms with E-state index >= 15 is 0 Å². The number of aromatic nitrogens is 2. The van der Waals surface area contributed by atoms with E-state index in [1.807, 2.05) is 32.5 Å². The summed E-state index contributed by atoms with van der Waals surface area (Å²) in [5.41, 5.74) is 8.00. The van der Waals surface area contributed by atoms with Gasteiger partial charge in [-0.25, -0.2) is 0 Å². The fraction of sp³-hybridized carbons (Fsp3) is 0.667. The van der Waals surface area contributed by atoms with Gasteiger partial charge < -0.3 is 5.73 Å². The van der Waals surface area contributed by atoms with Crippen LogP contribution >= 0.6 is 0 Å². The molecule has 12 heavy (non-hydrogen) atoms. The molecule has 0 spiro atoms. The highest BCUT2D eigenvalue weighted by atomic mass is 15.3. The van der Waals surface area contributed by atoms with Crippen molar-refractivity contribution in [2.45, 2.75) is 32.7 Å². The number of aryl methyl sites for hydroxylation is 2. The zero-order chi connectivity index (χ0) is 9.35. The third-order valence-electron chi connectivity index (χ3n) is 1.74. The molecule has 3 nitrogen and oxygen atoms in total. The quantitative estimate of drug-likeness (QED) is 0.714. The number of rotatable bonds is 2. The molecule has 0 aliphatic carbocycles. The topological polar surface area (TPSA) is 43.8 Å². The van der Waals surface area contributed by atoms with Crippen molar-refractivity contribution in [3.63, 3.8) is 0 Å². The molecule has 0 aliphatic heterocycles. The smallest absolute Gasteiger partial charge is 0.0596 e. The van der Waals surface area contributed by atoms with Crippen LogP contribution in [0.15, 0.2) is 6.07 Å². The van der Waals surface area contributed by atoms with Crippen LogP contribution < -0.4 is 5.73 Å². The maximum Gasteiger partial charge on any atom is 0.0596 e. The molecule has 68 valence electrons. The molecule has 0 saturated heterocycles. The zero-order valence-corrected chi connectivity index (χ0v) is 8.26. The highest BCUT2D eigenvalue weighted by molar-refractivity contribution is 5.11. The van der Waals surface area contributed by atoms with E-state index in [1.54, 1.807) is 0 Å². The van der Waals surface area contributed by atoms with Gasteiger partial charge in [0.15, 0.2) is 0 Å². The molecule has 0 aliphatic rings. The van der Waals surface area contributed by atoms with E-state index in [2.05, 4.69) is 11.2 Å². The second kappa shape index (κ2) is 2.90. The first-order chi connectivity index (χ1) is 5.38. The molecule has 0 atom stereocenters. The number of hydrogen-bond acceptors (Lipinski definition) is 2. The Morgan fingerprint density at radius 3 is 2.50 bits per heavy atom. The standard InChI is InChI=1S/C9H17N3/c1-7-5-8(12(4)11-7)6-9(2,3)10/h5H,6,10H2,1-4H3. The van der Waals surface area contributed by atoms with Gasteiger partial charge in [0.2, 0.25) is 0 Å². The van der Waals surface area contributed by atoms with Crippen molar-refractivity contribution < 1.29 is 0 Å². The minimum atomic E-state index is -0.153. The summed E-state index contributed by atoms with van der Waals surface area (Å²) in [4.78, 5) is 0. The Bertz CT molecular complexity index is 268. The van der Waals surface area contributed by atoms with Crippen molar-refractivity contribution in [3.05, 3.63) is 17.5 Å². The average molecular weight is 167 g/mol. The maximum atomic E-state index is 5.90. The fourth-order valence-corrected chi connectivity index (χ4v) is 1.30. The summed E-state index contributed by atoms with van der Waals surface area (Å²) in [6.07, 6.45) is 0.865. The summed E-state index contributed by atoms with van der Waals surface area (Å²) in [6.45, 7) is 6.04. The summed E-state index contributed by atoms with van der Waals surface area (Å²) in [6, 6.07) is 2.08. The van der Waals surface area contributed by atoms with Gasteiger partial charge in [-0.2, -0.15) is 5.10 Å². The van der Waals surface area contributed by atoms with Crippen LogP contribution in [0.3, 0.4) is 0 Å². The lowest BCUT2D eigenvalue weighted by atomic mass is 10.00. The Balaban J connectivity index is 2.82. The van der Waals surface area contributed by atoms with Crippen LogP contribution in [-0.4, -0.2) is 15.3 Å². The van der Waals surface area contributed by atoms with Crippen LogP contribution in [0.2, 0.25) is 0 Å². The Morgan fingerprint density at radius 1 is 1.58 bits per heavy atom. The van der Waals surface area contributed by atoms with E-state index in [4.69, 9.17) is 5.73 Å². The Morgan fingerprint density at radius 2 is 2.17 bits per heavy atom. The number of nitrogens with two attached hydrogens (primary N) is 1. The molecule has 0 aromatic carbocycles. The monoisotopic (exact) mass is 167 g/mol. The van der Waals surface area contributed by atoms with Crippen molar-refractivity contribution >= 4 is 0 Å². The van der Waals surface area contributed by atoms with Gasteiger partial charge in [0.25, 0.3) is 0 Å². The predicted molar refractivity (Wildman–Crippen MR) is 49.9 cm³/mol. The van der Waals surface area contributed by atoms with Gasteiger partial charge in [-0.05, 0) is 26.8 Å². The van der Waals surface area contributed by atoms with Crippen molar-refractivity contribution in [3.8, 4) is 0 Å². The highest BCUT2D eigenvalue weighted by Crippen LogP contribution is 2.10. The van der Waals surface area contributed by atoms with Gasteiger partial charge in [0, 0.05) is 24.7 Å². The highest BCUT2D eigenvalue weighted by Gasteiger charge is 2.14. The first-order valence-electron chi connectivity index (χ1n) is 4.17. The third-order valence-corrected chi connectivity index (χ3v) is 1.74. The molecule has 0 amide bonds. The molecule has 0 unspecified atom stereocenters. The molecule has 0 saturated carbocycles. The van der Waals surface area contributed by atoms with E-state index in [9.17, 15) is 0 Å². The molecular weight excluding hydrogens is 150 g/mol. The number of nitrogens with zero attached hydrogens (tertiary/aromatic N) is 2. The minimum absolute atomic E-state index is 0.153. The van der Waals surface area contributed by atoms with Gasteiger partial charge in [-0.3, -0.25) is 4.68 Å². The Kier molecular flexibility index (Phi) is 2.24. The first-order valence-corrected chi connectivity index (χ1v) is 4.17. The van der Waals surface area contributed by atoms with E-state index in [1.165, 1.54) is 5.69 Å². The van der Waals surface area contributed by atoms with E-state index in [-0.39, 0.29) is 5.54 Å². The van der Waals surface area contributed by atoms with Crippen LogP contribution in [-0.2, 0) is 13.5 Å². The molecule has 1 heterocycles. The summed E-state index contributed by atoms with van der Waals surface area (Å²) in [5, 5.41) is 4.26. The Hall–Kier alpha value is -0.830. The third kappa shape index (κ3) is 2.34. The van der Waals surface area contributed by atoms with Gasteiger partial charge in [-0.1, -0.05) is 0 Å².